The fourth-order valence-corrected chi connectivity index (χ4v) is 3.68. The zero-order chi connectivity index (χ0) is 33.2. The normalized spacial score (nSPS) is 16.9. The van der Waals surface area contributed by atoms with Crippen LogP contribution in [0.2, 0.25) is 0 Å². The average Bonchev–Trinajstić information content (AvgIpc) is 2.86. The van der Waals surface area contributed by atoms with Gasteiger partial charge in [-0.1, -0.05) is 0 Å². The molecule has 0 aliphatic carbocycles. The minimum atomic E-state index is -0.875. The zero-order valence-electron chi connectivity index (χ0n) is 25.8. The predicted octanol–water partition coefficient (Wildman–Crippen LogP) is -1.62. The third-order valence-electron chi connectivity index (χ3n) is 5.63. The molecule has 2 aliphatic heterocycles. The van der Waals surface area contributed by atoms with Crippen LogP contribution >= 0.6 is 0 Å². The average molecular weight is 629 g/mol. The topological polar surface area (TPSA) is 210 Å². The molecule has 2 fully saturated rings. The number of amides is 6. The third-order valence-corrected chi connectivity index (χ3v) is 5.63. The number of imide groups is 2. The summed E-state index contributed by atoms with van der Waals surface area (Å²) in [6, 6.07) is 0. The molecule has 6 amide bonds. The van der Waals surface area contributed by atoms with E-state index in [1.807, 2.05) is 0 Å². The minimum Gasteiger partial charge on any atom is -0.444 e. The highest BCUT2D eigenvalue weighted by molar-refractivity contribution is 6.00. The molecule has 0 aromatic rings. The Morgan fingerprint density at radius 2 is 0.886 bits per heavy atom. The summed E-state index contributed by atoms with van der Waals surface area (Å²) in [5.41, 5.74) is -1.51. The summed E-state index contributed by atoms with van der Waals surface area (Å²) < 4.78 is 19.8. The maximum Gasteiger partial charge on any atom is 0.408 e. The number of nitrogens with one attached hydrogen (secondary N) is 2. The monoisotopic (exact) mass is 628 g/mol. The van der Waals surface area contributed by atoms with Crippen molar-refractivity contribution in [2.75, 3.05) is 65.8 Å². The van der Waals surface area contributed by atoms with Crippen molar-refractivity contribution in [1.29, 1.82) is 0 Å². The number of hydrogen-bond acceptors (Lipinski definition) is 14. The van der Waals surface area contributed by atoms with Gasteiger partial charge in [0.05, 0.1) is 26.2 Å². The Labute approximate surface area is 254 Å². The van der Waals surface area contributed by atoms with Gasteiger partial charge >= 0.3 is 24.1 Å². The number of alkyl carbamates (subject to hydrolysis) is 2. The number of rotatable bonds is 11. The maximum atomic E-state index is 12.5. The number of ether oxygens (including phenoxy) is 4. The molecule has 44 heavy (non-hydrogen) atoms. The quantitative estimate of drug-likeness (QED) is 0.150. The largest absolute Gasteiger partial charge is 0.444 e. The summed E-state index contributed by atoms with van der Waals surface area (Å²) in [4.78, 5) is 102. The number of carbonyl (C=O) groups excluding carboxylic acids is 8. The molecule has 2 rings (SSSR count). The highest BCUT2D eigenvalue weighted by atomic mass is 16.6. The Morgan fingerprint density at radius 1 is 0.591 bits per heavy atom. The second-order valence-corrected chi connectivity index (χ2v) is 11.9. The van der Waals surface area contributed by atoms with Crippen LogP contribution in [0.4, 0.5) is 9.59 Å². The van der Waals surface area contributed by atoms with E-state index in [9.17, 15) is 38.4 Å². The van der Waals surface area contributed by atoms with E-state index in [2.05, 4.69) is 10.6 Å². The molecule has 0 aromatic heterocycles. The van der Waals surface area contributed by atoms with Gasteiger partial charge in [-0.25, -0.2) is 19.4 Å². The van der Waals surface area contributed by atoms with E-state index in [1.54, 1.807) is 41.5 Å². The van der Waals surface area contributed by atoms with Crippen LogP contribution in [-0.2, 0) is 47.7 Å². The van der Waals surface area contributed by atoms with Gasteiger partial charge in [0.25, 0.3) is 0 Å². The van der Waals surface area contributed by atoms with E-state index < -0.39 is 85.5 Å². The summed E-state index contributed by atoms with van der Waals surface area (Å²) in [6.45, 7) is 7.32. The number of hydrogen-bond donors (Lipinski definition) is 2. The molecule has 0 unspecified atom stereocenters. The summed E-state index contributed by atoms with van der Waals surface area (Å²) in [7, 11) is 0. The van der Waals surface area contributed by atoms with Crippen molar-refractivity contribution in [1.82, 2.24) is 30.2 Å². The molecule has 0 aromatic carbocycles. The number of piperazine rings is 2. The third kappa shape index (κ3) is 12.9. The van der Waals surface area contributed by atoms with Crippen molar-refractivity contribution in [3.8, 4) is 0 Å². The van der Waals surface area contributed by atoms with Crippen LogP contribution in [0.3, 0.4) is 0 Å². The van der Waals surface area contributed by atoms with Gasteiger partial charge < -0.3 is 29.6 Å². The van der Waals surface area contributed by atoms with Crippen LogP contribution in [-0.4, -0.2) is 144 Å². The molecular formula is C26H40N6O12. The first-order valence-electron chi connectivity index (χ1n) is 13.7. The summed E-state index contributed by atoms with van der Waals surface area (Å²) in [6.07, 6.45) is -1.65. The van der Waals surface area contributed by atoms with E-state index in [0.29, 0.717) is 0 Å². The van der Waals surface area contributed by atoms with Crippen molar-refractivity contribution in [3.05, 3.63) is 0 Å². The van der Waals surface area contributed by atoms with E-state index in [0.717, 1.165) is 9.80 Å². The summed E-state index contributed by atoms with van der Waals surface area (Å²) >= 11 is 0. The molecular weight excluding hydrogens is 588 g/mol. The Morgan fingerprint density at radius 3 is 1.16 bits per heavy atom. The highest BCUT2D eigenvalue weighted by Crippen LogP contribution is 2.10. The first kappa shape index (κ1) is 35.9. The van der Waals surface area contributed by atoms with Gasteiger partial charge in [-0.15, -0.1) is 0 Å². The second kappa shape index (κ2) is 15.4. The summed E-state index contributed by atoms with van der Waals surface area (Å²) in [5.74, 6) is -4.22. The van der Waals surface area contributed by atoms with Crippen molar-refractivity contribution in [2.24, 2.45) is 0 Å². The fraction of sp³-hybridized carbons (Fsp3) is 0.692. The molecule has 0 spiro atoms. The van der Waals surface area contributed by atoms with Crippen LogP contribution in [0, 0.1) is 0 Å². The smallest absolute Gasteiger partial charge is 0.408 e. The molecule has 246 valence electrons. The lowest BCUT2D eigenvalue weighted by molar-refractivity contribution is -0.166. The standard InChI is InChI=1S/C26H40N6O12/c1-25(2,3)43-23(39)27-9-21(37)41-15-31-17(33)11-29(12-18(31)34)7-8-30-13-19(35)32(20(36)14-30)16-42-22(38)10-28-24(40)44-26(4,5)6/h7-16H2,1-6H3,(H,27,39)(H,28,40). The van der Waals surface area contributed by atoms with Gasteiger partial charge in [0.1, 0.15) is 24.3 Å². The Hall–Kier alpha value is -4.32. The maximum absolute atomic E-state index is 12.5. The highest BCUT2D eigenvalue weighted by Gasteiger charge is 2.34. The van der Waals surface area contributed by atoms with Crippen molar-refractivity contribution in [3.63, 3.8) is 0 Å². The molecule has 0 radical (unpaired) electrons. The lowest BCUT2D eigenvalue weighted by Gasteiger charge is -2.35. The molecule has 18 heteroatoms. The van der Waals surface area contributed by atoms with Gasteiger partial charge in [0.2, 0.25) is 23.6 Å². The zero-order valence-corrected chi connectivity index (χ0v) is 25.8. The van der Waals surface area contributed by atoms with Gasteiger partial charge in [-0.05, 0) is 41.5 Å². The van der Waals surface area contributed by atoms with E-state index >= 15 is 0 Å². The predicted molar refractivity (Wildman–Crippen MR) is 147 cm³/mol. The Kier molecular flexibility index (Phi) is 12.6. The summed E-state index contributed by atoms with van der Waals surface area (Å²) in [5, 5.41) is 4.42. The van der Waals surface area contributed by atoms with Crippen molar-refractivity contribution in [2.45, 2.75) is 52.7 Å². The molecule has 0 saturated carbocycles. The van der Waals surface area contributed by atoms with Gasteiger partial charge in [-0.2, -0.15) is 0 Å². The van der Waals surface area contributed by atoms with Gasteiger partial charge in [0.15, 0.2) is 13.5 Å². The van der Waals surface area contributed by atoms with Crippen LogP contribution in [0.15, 0.2) is 0 Å². The first-order valence-corrected chi connectivity index (χ1v) is 13.7. The van der Waals surface area contributed by atoms with Crippen LogP contribution in [0.1, 0.15) is 41.5 Å². The van der Waals surface area contributed by atoms with Gasteiger partial charge in [-0.3, -0.25) is 38.6 Å². The second-order valence-electron chi connectivity index (χ2n) is 11.9. The molecule has 0 atom stereocenters. The lowest BCUT2D eigenvalue weighted by atomic mass is 10.2. The molecule has 2 aliphatic rings. The van der Waals surface area contributed by atoms with Gasteiger partial charge in [0, 0.05) is 13.1 Å². The Balaban J connectivity index is 1.70. The van der Waals surface area contributed by atoms with Crippen molar-refractivity contribution < 1.29 is 57.3 Å². The molecule has 2 saturated heterocycles. The van der Waals surface area contributed by atoms with Crippen molar-refractivity contribution >= 4 is 47.8 Å². The Bertz CT molecular complexity index is 1020. The number of esters is 2. The number of nitrogens with zero attached hydrogens (tertiary/aromatic N) is 4. The SMILES string of the molecule is CC(C)(C)OC(=O)NCC(=O)OCN1C(=O)CN(CCN2CC(=O)N(COC(=O)CNC(=O)OC(C)(C)C)C(=O)C2)CC1=O. The molecule has 2 heterocycles. The first-order chi connectivity index (χ1) is 20.3. The van der Waals surface area contributed by atoms with E-state index in [-0.39, 0.29) is 39.3 Å². The van der Waals surface area contributed by atoms with Crippen LogP contribution in [0.25, 0.3) is 0 Å². The minimum absolute atomic E-state index is 0.172. The van der Waals surface area contributed by atoms with E-state index in [1.165, 1.54) is 9.80 Å². The van der Waals surface area contributed by atoms with Crippen LogP contribution in [0.5, 0.6) is 0 Å². The van der Waals surface area contributed by atoms with E-state index in [4.69, 9.17) is 18.9 Å². The number of carbonyl (C=O) groups is 8. The molecule has 18 nitrogen and oxygen atoms in total. The molecule has 2 N–H and O–H groups in total. The van der Waals surface area contributed by atoms with Crippen LogP contribution < -0.4 is 10.6 Å². The molecule has 0 bridgehead atoms. The lowest BCUT2D eigenvalue weighted by Crippen LogP contribution is -2.58. The fourth-order valence-electron chi connectivity index (χ4n) is 3.68.